The molecule has 0 radical (unpaired) electrons. The maximum absolute atomic E-state index is 13.2. The van der Waals surface area contributed by atoms with E-state index >= 15 is 0 Å². The van der Waals surface area contributed by atoms with Crippen molar-refractivity contribution in [1.82, 2.24) is 14.4 Å². The van der Waals surface area contributed by atoms with Crippen molar-refractivity contribution in [1.29, 1.82) is 0 Å². The Balaban J connectivity index is 1.48. The molecule has 7 nitrogen and oxygen atoms in total. The van der Waals surface area contributed by atoms with Crippen LogP contribution < -0.4 is 10.2 Å². The molecule has 156 valence electrons. The van der Waals surface area contributed by atoms with Gasteiger partial charge in [0.05, 0.1) is 19.2 Å². The van der Waals surface area contributed by atoms with Crippen molar-refractivity contribution in [3.63, 3.8) is 0 Å². The molecule has 0 saturated carbocycles. The molecule has 0 unspecified atom stereocenters. The van der Waals surface area contributed by atoms with Gasteiger partial charge in [0.2, 0.25) is 5.43 Å². The van der Waals surface area contributed by atoms with Gasteiger partial charge in [0.15, 0.2) is 17.2 Å². The minimum Gasteiger partial charge on any atom is -0.491 e. The molecule has 3 aliphatic heterocycles. The predicted molar refractivity (Wildman–Crippen MR) is 111 cm³/mol. The molecule has 0 aliphatic carbocycles. The number of benzene rings is 1. The maximum Gasteiger partial charge on any atom is 0.275 e. The molecule has 1 aromatic carbocycles. The summed E-state index contributed by atoms with van der Waals surface area (Å²) in [5, 5.41) is 0. The minimum absolute atomic E-state index is 0.0167. The topological polar surface area (TPSA) is 71.8 Å². The number of pyridine rings is 1. The zero-order valence-electron chi connectivity index (χ0n) is 17.0. The van der Waals surface area contributed by atoms with Crippen LogP contribution in [0, 0.1) is 0 Å². The van der Waals surface area contributed by atoms with E-state index in [0.29, 0.717) is 25.6 Å². The normalized spacial score (nSPS) is 22.6. The molecule has 3 aliphatic rings. The summed E-state index contributed by atoms with van der Waals surface area (Å²) in [4.78, 5) is 43.4. The quantitative estimate of drug-likeness (QED) is 0.709. The van der Waals surface area contributed by atoms with Gasteiger partial charge in [-0.15, -0.1) is 0 Å². The smallest absolute Gasteiger partial charge is 0.275 e. The summed E-state index contributed by atoms with van der Waals surface area (Å²) in [6.07, 6.45) is 4.60. The van der Waals surface area contributed by atoms with Crippen LogP contribution >= 0.6 is 0 Å². The molecular formula is C23H25N3O4. The zero-order valence-corrected chi connectivity index (χ0v) is 17.0. The van der Waals surface area contributed by atoms with Crippen molar-refractivity contribution in [2.45, 2.75) is 44.4 Å². The van der Waals surface area contributed by atoms with Crippen molar-refractivity contribution >= 4 is 11.7 Å². The van der Waals surface area contributed by atoms with E-state index in [4.69, 9.17) is 4.74 Å². The molecule has 1 amide bonds. The number of carbonyl (C=O) groups is 2. The second-order valence-electron chi connectivity index (χ2n) is 8.29. The van der Waals surface area contributed by atoms with Gasteiger partial charge in [0.25, 0.3) is 5.91 Å². The summed E-state index contributed by atoms with van der Waals surface area (Å²) in [7, 11) is 1.39. The standard InChI is InChI=1S/C23H25N3O4/c1-30-22-20-23(29)26-12-16-8-5-11-25(16)19(26)14-24(20)13-17(21(22)28)18(27)10-9-15-6-3-2-4-7-15/h2-4,6-7,13,16,19H,5,8-12,14H2,1H3/t16-,19-/m0/s1. The molecule has 5 rings (SSSR count). The molecular weight excluding hydrogens is 382 g/mol. The first-order valence-electron chi connectivity index (χ1n) is 10.5. The van der Waals surface area contributed by atoms with Gasteiger partial charge in [-0.05, 0) is 24.8 Å². The average molecular weight is 407 g/mol. The van der Waals surface area contributed by atoms with Gasteiger partial charge >= 0.3 is 0 Å². The fraction of sp³-hybridized carbons (Fsp3) is 0.435. The molecule has 0 bridgehead atoms. The summed E-state index contributed by atoms with van der Waals surface area (Å²) in [6.45, 7) is 2.22. The predicted octanol–water partition coefficient (Wildman–Crippen LogP) is 1.93. The van der Waals surface area contributed by atoms with E-state index in [1.165, 1.54) is 7.11 Å². The minimum atomic E-state index is -0.492. The van der Waals surface area contributed by atoms with Crippen molar-refractivity contribution in [3.05, 3.63) is 63.6 Å². The molecule has 0 N–H and O–H groups in total. The summed E-state index contributed by atoms with van der Waals surface area (Å²) in [6, 6.07) is 10.1. The number of aryl methyl sites for hydroxylation is 1. The number of ether oxygens (including phenoxy) is 1. The number of aromatic nitrogens is 1. The average Bonchev–Trinajstić information content (AvgIpc) is 3.35. The lowest BCUT2D eigenvalue weighted by Crippen LogP contribution is -2.50. The highest BCUT2D eigenvalue weighted by Crippen LogP contribution is 2.35. The number of fused-ring (bicyclic) bond motifs is 4. The van der Waals surface area contributed by atoms with Crippen LogP contribution in [0.1, 0.15) is 45.7 Å². The van der Waals surface area contributed by atoms with Crippen molar-refractivity contribution < 1.29 is 14.3 Å². The second-order valence-corrected chi connectivity index (χ2v) is 8.29. The molecule has 2 aromatic rings. The van der Waals surface area contributed by atoms with Gasteiger partial charge in [0.1, 0.15) is 6.17 Å². The Morgan fingerprint density at radius 3 is 2.73 bits per heavy atom. The Morgan fingerprint density at radius 2 is 1.97 bits per heavy atom. The van der Waals surface area contributed by atoms with Crippen LogP contribution in [0.25, 0.3) is 0 Å². The number of hydrogen-bond acceptors (Lipinski definition) is 5. The Morgan fingerprint density at radius 1 is 1.17 bits per heavy atom. The van der Waals surface area contributed by atoms with Gasteiger partial charge in [0, 0.05) is 31.7 Å². The lowest BCUT2D eigenvalue weighted by Gasteiger charge is -2.36. The van der Waals surface area contributed by atoms with Crippen LogP contribution in [0.3, 0.4) is 0 Å². The van der Waals surface area contributed by atoms with Crippen LogP contribution in [-0.2, 0) is 13.0 Å². The summed E-state index contributed by atoms with van der Waals surface area (Å²) in [5.41, 5.74) is 0.921. The van der Waals surface area contributed by atoms with E-state index in [-0.39, 0.29) is 41.3 Å². The summed E-state index contributed by atoms with van der Waals surface area (Å²) >= 11 is 0. The lowest BCUT2D eigenvalue weighted by atomic mass is 10.0. The van der Waals surface area contributed by atoms with Crippen LogP contribution in [0.2, 0.25) is 0 Å². The molecule has 30 heavy (non-hydrogen) atoms. The monoisotopic (exact) mass is 407 g/mol. The Labute approximate surface area is 174 Å². The second kappa shape index (κ2) is 7.40. The first kappa shape index (κ1) is 19.1. The lowest BCUT2D eigenvalue weighted by molar-refractivity contribution is 0.0513. The number of Topliss-reactive ketones (excluding diaryl/α,β-unsaturated/α-hetero) is 1. The Bertz CT molecular complexity index is 1060. The highest BCUT2D eigenvalue weighted by Gasteiger charge is 2.48. The van der Waals surface area contributed by atoms with Gasteiger partial charge in [-0.3, -0.25) is 19.3 Å². The van der Waals surface area contributed by atoms with Crippen LogP contribution in [-0.4, -0.2) is 58.5 Å². The number of carbonyl (C=O) groups excluding carboxylic acids is 2. The maximum atomic E-state index is 13.2. The number of rotatable bonds is 5. The van der Waals surface area contributed by atoms with Crippen molar-refractivity contribution in [2.24, 2.45) is 0 Å². The number of nitrogens with zero attached hydrogens (tertiary/aromatic N) is 3. The Hall–Kier alpha value is -2.93. The van der Waals surface area contributed by atoms with Gasteiger partial charge in [-0.25, -0.2) is 0 Å². The highest BCUT2D eigenvalue weighted by molar-refractivity contribution is 6.00. The van der Waals surface area contributed by atoms with E-state index in [1.54, 1.807) is 10.8 Å². The molecule has 4 heterocycles. The van der Waals surface area contributed by atoms with E-state index in [0.717, 1.165) is 24.9 Å². The molecule has 7 heteroatoms. The van der Waals surface area contributed by atoms with Gasteiger partial charge < -0.3 is 14.2 Å². The number of methoxy groups -OCH3 is 1. The largest absolute Gasteiger partial charge is 0.491 e. The third-order valence-electron chi connectivity index (χ3n) is 6.62. The van der Waals surface area contributed by atoms with Gasteiger partial charge in [-0.2, -0.15) is 0 Å². The van der Waals surface area contributed by atoms with Crippen LogP contribution in [0.15, 0.2) is 41.3 Å². The number of hydrogen-bond donors (Lipinski definition) is 0. The molecule has 0 spiro atoms. The molecule has 2 saturated heterocycles. The fourth-order valence-electron chi connectivity index (χ4n) is 5.14. The van der Waals surface area contributed by atoms with Crippen molar-refractivity contribution in [3.8, 4) is 5.75 Å². The molecule has 2 atom stereocenters. The molecule has 2 fully saturated rings. The number of ketones is 1. The van der Waals surface area contributed by atoms with Crippen LogP contribution in [0.5, 0.6) is 5.75 Å². The third kappa shape index (κ3) is 2.96. The zero-order chi connectivity index (χ0) is 20.8. The summed E-state index contributed by atoms with van der Waals surface area (Å²) in [5.74, 6) is -0.424. The third-order valence-corrected chi connectivity index (χ3v) is 6.62. The van der Waals surface area contributed by atoms with E-state index in [9.17, 15) is 14.4 Å². The van der Waals surface area contributed by atoms with Crippen LogP contribution in [0.4, 0.5) is 0 Å². The summed E-state index contributed by atoms with van der Waals surface area (Å²) < 4.78 is 7.13. The number of amides is 1. The SMILES string of the molecule is COc1c2n(cc(C(=O)CCc3ccccc3)c1=O)C[C@@H]1N(C[C@@H]3CCCN31)C2=O. The van der Waals surface area contributed by atoms with E-state index < -0.39 is 5.43 Å². The first-order chi connectivity index (χ1) is 14.6. The van der Waals surface area contributed by atoms with E-state index in [2.05, 4.69) is 4.90 Å². The first-order valence-corrected chi connectivity index (χ1v) is 10.5. The Kier molecular flexibility index (Phi) is 4.70. The van der Waals surface area contributed by atoms with Gasteiger partial charge in [-0.1, -0.05) is 30.3 Å². The highest BCUT2D eigenvalue weighted by atomic mass is 16.5. The molecule has 1 aromatic heterocycles. The van der Waals surface area contributed by atoms with E-state index in [1.807, 2.05) is 35.2 Å². The van der Waals surface area contributed by atoms with Crippen molar-refractivity contribution in [2.75, 3.05) is 20.2 Å². The fourth-order valence-corrected chi connectivity index (χ4v) is 5.14.